The number of hydrogen-bond donors (Lipinski definition) is 3. The number of benzene rings is 2. The number of H-pyrrole nitrogens is 1. The standard InChI is InChI=1S/C16H15N5O2S/c22-14(8-24-9-15(23)20-16-17-10-18-21-16)19-13-6-5-11-3-1-2-4-12(11)7-13/h1-7,10H,8-9H2,(H,19,22)(H2,17,18,20,21,23). The van der Waals surface area contributed by atoms with E-state index in [0.29, 0.717) is 5.95 Å². The fraction of sp³-hybridized carbons (Fsp3) is 0.125. The Kier molecular flexibility index (Phi) is 5.07. The van der Waals surface area contributed by atoms with E-state index in [2.05, 4.69) is 25.8 Å². The van der Waals surface area contributed by atoms with Crippen molar-refractivity contribution in [3.8, 4) is 0 Å². The zero-order valence-corrected chi connectivity index (χ0v) is 13.5. The first kappa shape index (κ1) is 16.0. The first-order valence-electron chi connectivity index (χ1n) is 7.22. The summed E-state index contributed by atoms with van der Waals surface area (Å²) in [5.41, 5.74) is 0.741. The summed E-state index contributed by atoms with van der Waals surface area (Å²) in [6.07, 6.45) is 1.31. The summed E-state index contributed by atoms with van der Waals surface area (Å²) in [5.74, 6) is 0.252. The van der Waals surface area contributed by atoms with Crippen molar-refractivity contribution in [2.45, 2.75) is 0 Å². The Hall–Kier alpha value is -2.87. The number of rotatable bonds is 6. The predicted molar refractivity (Wildman–Crippen MR) is 94.9 cm³/mol. The monoisotopic (exact) mass is 341 g/mol. The number of carbonyl (C=O) groups excluding carboxylic acids is 2. The van der Waals surface area contributed by atoms with Crippen molar-refractivity contribution in [2.24, 2.45) is 0 Å². The largest absolute Gasteiger partial charge is 0.325 e. The van der Waals surface area contributed by atoms with Gasteiger partial charge in [0, 0.05) is 5.69 Å². The number of nitrogens with one attached hydrogen (secondary N) is 3. The molecule has 0 spiro atoms. The molecule has 0 atom stereocenters. The normalized spacial score (nSPS) is 10.5. The van der Waals surface area contributed by atoms with Crippen molar-refractivity contribution in [2.75, 3.05) is 22.1 Å². The topological polar surface area (TPSA) is 99.8 Å². The molecule has 0 saturated heterocycles. The van der Waals surface area contributed by atoms with Crippen LogP contribution in [0.5, 0.6) is 0 Å². The molecule has 0 radical (unpaired) electrons. The van der Waals surface area contributed by atoms with Gasteiger partial charge in [-0.2, -0.15) is 10.1 Å². The zero-order chi connectivity index (χ0) is 16.8. The van der Waals surface area contributed by atoms with Crippen molar-refractivity contribution < 1.29 is 9.59 Å². The maximum atomic E-state index is 12.0. The lowest BCUT2D eigenvalue weighted by molar-refractivity contribution is -0.114. The van der Waals surface area contributed by atoms with Gasteiger partial charge in [-0.05, 0) is 22.9 Å². The van der Waals surface area contributed by atoms with Gasteiger partial charge in [0.05, 0.1) is 11.5 Å². The van der Waals surface area contributed by atoms with Crippen molar-refractivity contribution in [1.29, 1.82) is 0 Å². The number of anilines is 2. The molecule has 0 unspecified atom stereocenters. The summed E-state index contributed by atoms with van der Waals surface area (Å²) >= 11 is 1.23. The second-order valence-electron chi connectivity index (χ2n) is 4.99. The van der Waals surface area contributed by atoms with Crippen LogP contribution in [0.4, 0.5) is 11.6 Å². The van der Waals surface area contributed by atoms with Gasteiger partial charge in [0.15, 0.2) is 0 Å². The molecule has 24 heavy (non-hydrogen) atoms. The number of amides is 2. The highest BCUT2D eigenvalue weighted by Gasteiger charge is 2.08. The van der Waals surface area contributed by atoms with Crippen molar-refractivity contribution in [1.82, 2.24) is 15.2 Å². The molecule has 0 fully saturated rings. The summed E-state index contributed by atoms with van der Waals surface area (Å²) < 4.78 is 0. The maximum absolute atomic E-state index is 12.0. The van der Waals surface area contributed by atoms with Crippen LogP contribution >= 0.6 is 11.8 Å². The summed E-state index contributed by atoms with van der Waals surface area (Å²) in [5, 5.41) is 13.7. The van der Waals surface area contributed by atoms with Gasteiger partial charge in [-0.25, -0.2) is 5.10 Å². The third-order valence-corrected chi connectivity index (χ3v) is 4.11. The van der Waals surface area contributed by atoms with Crippen LogP contribution in [-0.2, 0) is 9.59 Å². The van der Waals surface area contributed by atoms with Gasteiger partial charge in [0.2, 0.25) is 17.8 Å². The smallest absolute Gasteiger partial charge is 0.236 e. The number of carbonyl (C=O) groups is 2. The Morgan fingerprint density at radius 3 is 2.50 bits per heavy atom. The van der Waals surface area contributed by atoms with E-state index in [-0.39, 0.29) is 23.3 Å². The van der Waals surface area contributed by atoms with Gasteiger partial charge >= 0.3 is 0 Å². The second-order valence-corrected chi connectivity index (χ2v) is 5.97. The number of fused-ring (bicyclic) bond motifs is 1. The molecular weight excluding hydrogens is 326 g/mol. The molecule has 3 N–H and O–H groups in total. The van der Waals surface area contributed by atoms with E-state index in [1.54, 1.807) is 0 Å². The van der Waals surface area contributed by atoms with Gasteiger partial charge in [0.1, 0.15) is 6.33 Å². The Balaban J connectivity index is 1.45. The van der Waals surface area contributed by atoms with Crippen LogP contribution in [0, 0.1) is 0 Å². The van der Waals surface area contributed by atoms with Crippen LogP contribution in [0.1, 0.15) is 0 Å². The molecule has 1 aromatic heterocycles. The van der Waals surface area contributed by atoms with Crippen LogP contribution in [0.2, 0.25) is 0 Å². The fourth-order valence-corrected chi connectivity index (χ4v) is 2.75. The number of aromatic amines is 1. The molecular formula is C16H15N5O2S. The minimum Gasteiger partial charge on any atom is -0.325 e. The van der Waals surface area contributed by atoms with E-state index in [9.17, 15) is 9.59 Å². The average molecular weight is 341 g/mol. The van der Waals surface area contributed by atoms with E-state index in [0.717, 1.165) is 16.5 Å². The third-order valence-electron chi connectivity index (χ3n) is 3.17. The minimum absolute atomic E-state index is 0.150. The molecule has 0 aliphatic carbocycles. The Labute approximate surface area is 142 Å². The Bertz CT molecular complexity index is 851. The SMILES string of the molecule is O=C(CSCC(=O)Nc1ncn[nH]1)Nc1ccc2ccccc2c1. The van der Waals surface area contributed by atoms with Crippen LogP contribution in [-0.4, -0.2) is 38.5 Å². The van der Waals surface area contributed by atoms with Crippen molar-refractivity contribution >= 4 is 46.0 Å². The van der Waals surface area contributed by atoms with Crippen LogP contribution in [0.25, 0.3) is 10.8 Å². The lowest BCUT2D eigenvalue weighted by Gasteiger charge is -2.06. The van der Waals surface area contributed by atoms with Gasteiger partial charge in [-0.15, -0.1) is 11.8 Å². The van der Waals surface area contributed by atoms with E-state index in [4.69, 9.17) is 0 Å². The van der Waals surface area contributed by atoms with Crippen LogP contribution < -0.4 is 10.6 Å². The average Bonchev–Trinajstić information content (AvgIpc) is 3.07. The molecule has 0 bridgehead atoms. The summed E-state index contributed by atoms with van der Waals surface area (Å²) in [6, 6.07) is 13.7. The van der Waals surface area contributed by atoms with E-state index in [1.165, 1.54) is 18.1 Å². The molecule has 1 heterocycles. The lowest BCUT2D eigenvalue weighted by Crippen LogP contribution is -2.18. The highest BCUT2D eigenvalue weighted by molar-refractivity contribution is 8.00. The quantitative estimate of drug-likeness (QED) is 0.639. The van der Waals surface area contributed by atoms with Crippen molar-refractivity contribution in [3.63, 3.8) is 0 Å². The molecule has 0 aliphatic heterocycles. The Morgan fingerprint density at radius 2 is 1.75 bits per heavy atom. The molecule has 0 saturated carbocycles. The van der Waals surface area contributed by atoms with Crippen LogP contribution in [0.3, 0.4) is 0 Å². The molecule has 3 rings (SSSR count). The molecule has 2 aromatic carbocycles. The van der Waals surface area contributed by atoms with Crippen molar-refractivity contribution in [3.05, 3.63) is 48.8 Å². The second kappa shape index (κ2) is 7.60. The minimum atomic E-state index is -0.241. The van der Waals surface area contributed by atoms with E-state index >= 15 is 0 Å². The molecule has 7 nitrogen and oxygen atoms in total. The van der Waals surface area contributed by atoms with Crippen LogP contribution in [0.15, 0.2) is 48.8 Å². The fourth-order valence-electron chi connectivity index (χ4n) is 2.13. The first-order chi connectivity index (χ1) is 11.7. The summed E-state index contributed by atoms with van der Waals surface area (Å²) in [6.45, 7) is 0. The zero-order valence-electron chi connectivity index (χ0n) is 12.7. The highest BCUT2D eigenvalue weighted by Crippen LogP contribution is 2.19. The molecule has 8 heteroatoms. The maximum Gasteiger partial charge on any atom is 0.236 e. The van der Waals surface area contributed by atoms with Gasteiger partial charge in [0.25, 0.3) is 0 Å². The van der Waals surface area contributed by atoms with E-state index < -0.39 is 0 Å². The third kappa shape index (κ3) is 4.32. The highest BCUT2D eigenvalue weighted by atomic mass is 32.2. The molecule has 122 valence electrons. The summed E-state index contributed by atoms with van der Waals surface area (Å²) in [7, 11) is 0. The summed E-state index contributed by atoms with van der Waals surface area (Å²) in [4.78, 5) is 27.4. The van der Waals surface area contributed by atoms with Gasteiger partial charge in [-0.1, -0.05) is 30.3 Å². The van der Waals surface area contributed by atoms with E-state index in [1.807, 2.05) is 42.5 Å². The molecule has 3 aromatic rings. The number of nitrogens with zero attached hydrogens (tertiary/aromatic N) is 2. The molecule has 2 amide bonds. The first-order valence-corrected chi connectivity index (χ1v) is 8.38. The Morgan fingerprint density at radius 1 is 1.00 bits per heavy atom. The van der Waals surface area contributed by atoms with Gasteiger partial charge in [-0.3, -0.25) is 14.9 Å². The number of thioether (sulfide) groups is 1. The van der Waals surface area contributed by atoms with Gasteiger partial charge < -0.3 is 5.32 Å². The number of aromatic nitrogens is 3. The lowest BCUT2D eigenvalue weighted by atomic mass is 10.1. The predicted octanol–water partition coefficient (Wildman–Crippen LogP) is 2.27. The number of hydrogen-bond acceptors (Lipinski definition) is 5. The molecule has 0 aliphatic rings.